The molecule has 5 unspecified atom stereocenters. The third-order valence-electron chi connectivity index (χ3n) is 9.99. The predicted octanol–water partition coefficient (Wildman–Crippen LogP) is 2.49. The molecule has 2 heterocycles. The summed E-state index contributed by atoms with van der Waals surface area (Å²) in [7, 11) is 2.37. The quantitative estimate of drug-likeness (QED) is 0.129. The van der Waals surface area contributed by atoms with Crippen LogP contribution in [0.15, 0.2) is 72.8 Å². The van der Waals surface area contributed by atoms with Crippen LogP contribution in [-0.2, 0) is 16.0 Å². The van der Waals surface area contributed by atoms with Gasteiger partial charge in [0.25, 0.3) is 0 Å². The van der Waals surface area contributed by atoms with Crippen LogP contribution in [0.25, 0.3) is 0 Å². The zero-order chi connectivity index (χ0) is 33.4. The predicted molar refractivity (Wildman–Crippen MR) is 188 cm³/mol. The van der Waals surface area contributed by atoms with Crippen molar-refractivity contribution in [3.05, 3.63) is 89.5 Å². The second-order valence-electron chi connectivity index (χ2n) is 13.4. The van der Waals surface area contributed by atoms with Gasteiger partial charge in [0.15, 0.2) is 0 Å². The Balaban J connectivity index is 0.000000321. The number of carbonyl (C=O) groups is 1. The largest absolute Gasteiger partial charge is 1.00 e. The third-order valence-corrected chi connectivity index (χ3v) is 9.99. The first-order valence-electron chi connectivity index (χ1n) is 16.3. The van der Waals surface area contributed by atoms with E-state index < -0.39 is 12.0 Å². The van der Waals surface area contributed by atoms with Gasteiger partial charge in [0.05, 0.1) is 37.9 Å². The Labute approximate surface area is 305 Å². The highest BCUT2D eigenvalue weighted by Gasteiger charge is 2.53. The number of carbonyl (C=O) groups excluding carboxylic acids is 1. The fourth-order valence-electron chi connectivity index (χ4n) is 7.12. The number of nitrogens with zero attached hydrogens (tertiary/aromatic N) is 1. The van der Waals surface area contributed by atoms with Crippen LogP contribution in [0.3, 0.4) is 0 Å². The van der Waals surface area contributed by atoms with Crippen molar-refractivity contribution in [2.75, 3.05) is 20.2 Å². The first-order chi connectivity index (χ1) is 21.9. The molecule has 2 aliphatic rings. The summed E-state index contributed by atoms with van der Waals surface area (Å²) >= 11 is 0. The van der Waals surface area contributed by atoms with Crippen molar-refractivity contribution in [1.82, 2.24) is 5.32 Å². The molecule has 48 heavy (non-hydrogen) atoms. The van der Waals surface area contributed by atoms with Gasteiger partial charge in [-0.3, -0.25) is 4.79 Å². The van der Waals surface area contributed by atoms with Crippen molar-refractivity contribution in [3.8, 4) is 17.2 Å². The van der Waals surface area contributed by atoms with Gasteiger partial charge in [0.2, 0.25) is 0 Å². The molecule has 2 fully saturated rings. The fourth-order valence-corrected chi connectivity index (χ4v) is 7.12. The third kappa shape index (κ3) is 10.7. The van der Waals surface area contributed by atoms with Crippen LogP contribution in [-0.4, -0.2) is 86.5 Å². The zero-order valence-electron chi connectivity index (χ0n) is 28.2. The number of fused-ring (bicyclic) bond motifs is 2. The minimum atomic E-state index is -0.819. The topological polar surface area (TPSA) is 139 Å². The number of esters is 1. The van der Waals surface area contributed by atoms with E-state index in [9.17, 15) is 30.3 Å². The summed E-state index contributed by atoms with van der Waals surface area (Å²) < 4.78 is 6.96. The molecule has 5 atom stereocenters. The van der Waals surface area contributed by atoms with Crippen molar-refractivity contribution >= 4 is 23.0 Å². The van der Waals surface area contributed by atoms with Crippen LogP contribution in [0.2, 0.25) is 0 Å². The summed E-state index contributed by atoms with van der Waals surface area (Å²) in [6.07, 6.45) is 4.30. The molecular formula is C37H52Br2N2O7. The number of aliphatic hydroxyl groups excluding tert-OH is 2. The maximum Gasteiger partial charge on any atom is 0.316 e. The fraction of sp³-hybridized carbons (Fsp3) is 0.486. The smallest absolute Gasteiger partial charge is 0.316 e. The van der Waals surface area contributed by atoms with E-state index >= 15 is 0 Å². The Kier molecular flexibility index (Phi) is 16.4. The molecule has 5 rings (SSSR count). The van der Waals surface area contributed by atoms with Gasteiger partial charge in [0.1, 0.15) is 29.3 Å². The summed E-state index contributed by atoms with van der Waals surface area (Å²) in [4.78, 5) is 12.6. The lowest BCUT2D eigenvalue weighted by molar-refractivity contribution is -0.968. The van der Waals surface area contributed by atoms with Crippen LogP contribution in [0.1, 0.15) is 75.2 Å². The average Bonchev–Trinajstić information content (AvgIpc) is 3.18. The first kappa shape index (κ1) is 41.5. The van der Waals surface area contributed by atoms with Gasteiger partial charge in [-0.25, -0.2) is 0 Å². The van der Waals surface area contributed by atoms with Gasteiger partial charge >= 0.3 is 5.97 Å². The molecule has 2 saturated heterocycles. The molecule has 0 spiro atoms. The van der Waals surface area contributed by atoms with Gasteiger partial charge in [-0.1, -0.05) is 42.5 Å². The zero-order valence-corrected chi connectivity index (χ0v) is 31.5. The number of aliphatic hydroxyl groups is 2. The van der Waals surface area contributed by atoms with Gasteiger partial charge in [0, 0.05) is 44.3 Å². The molecule has 3 aromatic carbocycles. The van der Waals surface area contributed by atoms with Crippen LogP contribution >= 0.6 is 17.0 Å². The number of quaternary nitrogens is 1. The number of nitrogens with one attached hydrogen (secondary N) is 1. The van der Waals surface area contributed by atoms with E-state index in [4.69, 9.17) is 4.74 Å². The molecule has 0 saturated carbocycles. The Hall–Kier alpha value is -2.67. The van der Waals surface area contributed by atoms with E-state index in [2.05, 4.69) is 26.2 Å². The van der Waals surface area contributed by atoms with Crippen LogP contribution < -0.4 is 22.3 Å². The second-order valence-corrected chi connectivity index (χ2v) is 13.4. The van der Waals surface area contributed by atoms with Gasteiger partial charge < -0.3 is 57.1 Å². The molecule has 9 nitrogen and oxygen atoms in total. The van der Waals surface area contributed by atoms with Crippen molar-refractivity contribution < 1.29 is 56.5 Å². The number of aromatic hydroxyl groups is 3. The molecule has 266 valence electrons. The Bertz CT molecular complexity index is 1380. The van der Waals surface area contributed by atoms with Gasteiger partial charge in [-0.15, -0.1) is 17.0 Å². The van der Waals surface area contributed by atoms with E-state index in [0.29, 0.717) is 30.2 Å². The van der Waals surface area contributed by atoms with Crippen molar-refractivity contribution in [3.63, 3.8) is 0 Å². The van der Waals surface area contributed by atoms with Crippen molar-refractivity contribution in [1.29, 1.82) is 0 Å². The highest BCUT2D eigenvalue weighted by molar-refractivity contribution is 8.93. The number of benzene rings is 3. The number of rotatable bonds is 11. The second kappa shape index (κ2) is 18.9. The summed E-state index contributed by atoms with van der Waals surface area (Å²) in [5, 5.41) is 51.1. The lowest BCUT2D eigenvalue weighted by atomic mass is 9.94. The SMILES string of the molecule is Br.CC(C)[N+]1(C)C2CCC1CC(OC(=O)C(CO)c1ccccc1)C2.CC(Cc1ccc(O)cc1)NCC(O)c1cc(O)cc(O)c1.[Br-]. The minimum absolute atomic E-state index is 0. The average molecular weight is 797 g/mol. The first-order valence-corrected chi connectivity index (χ1v) is 16.3. The Morgan fingerprint density at radius 1 is 0.875 bits per heavy atom. The molecule has 2 aliphatic heterocycles. The summed E-state index contributed by atoms with van der Waals surface area (Å²) in [6, 6.07) is 22.4. The number of hydrogen-bond donors (Lipinski definition) is 6. The summed E-state index contributed by atoms with van der Waals surface area (Å²) in [5.74, 6) is -0.772. The maximum absolute atomic E-state index is 12.6. The number of phenolic OH excluding ortho intramolecular Hbond substituents is 3. The van der Waals surface area contributed by atoms with Crippen LogP contribution in [0, 0.1) is 0 Å². The van der Waals surface area contributed by atoms with Crippen LogP contribution in [0.5, 0.6) is 17.2 Å². The lowest BCUT2D eigenvalue weighted by Gasteiger charge is -2.49. The highest BCUT2D eigenvalue weighted by Crippen LogP contribution is 2.44. The molecule has 3 aromatic rings. The van der Waals surface area contributed by atoms with E-state index in [1.165, 1.54) is 31.0 Å². The molecule has 2 bridgehead atoms. The Morgan fingerprint density at radius 2 is 1.44 bits per heavy atom. The number of ether oxygens (including phenoxy) is 1. The number of piperidine rings is 1. The molecule has 0 aliphatic carbocycles. The van der Waals surface area contributed by atoms with E-state index in [1.807, 2.05) is 49.4 Å². The molecule has 0 aromatic heterocycles. The summed E-state index contributed by atoms with van der Waals surface area (Å²) in [6.45, 7) is 6.70. The van der Waals surface area contributed by atoms with Crippen molar-refractivity contribution in [2.45, 2.75) is 95.2 Å². The number of phenols is 3. The van der Waals surface area contributed by atoms with Gasteiger partial charge in [-0.2, -0.15) is 0 Å². The number of hydrogen-bond acceptors (Lipinski definition) is 8. The normalized spacial score (nSPS) is 23.0. The highest BCUT2D eigenvalue weighted by atomic mass is 79.9. The molecule has 11 heteroatoms. The van der Waals surface area contributed by atoms with Crippen molar-refractivity contribution in [2.24, 2.45) is 0 Å². The van der Waals surface area contributed by atoms with E-state index in [0.717, 1.165) is 34.9 Å². The van der Waals surface area contributed by atoms with Gasteiger partial charge in [-0.05, 0) is 68.1 Å². The molecular weight excluding hydrogens is 744 g/mol. The summed E-state index contributed by atoms with van der Waals surface area (Å²) in [5.41, 5.74) is 2.37. The van der Waals surface area contributed by atoms with Crippen LogP contribution in [0.4, 0.5) is 0 Å². The molecule has 0 radical (unpaired) electrons. The molecule has 0 amide bonds. The maximum atomic E-state index is 12.6. The monoisotopic (exact) mass is 794 g/mol. The Morgan fingerprint density at radius 3 is 1.96 bits per heavy atom. The van der Waals surface area contributed by atoms with E-state index in [1.54, 1.807) is 12.1 Å². The van der Waals surface area contributed by atoms with E-state index in [-0.39, 0.29) is 75.9 Å². The standard InChI is InChI=1S/C20H30NO3.C17H21NO4.2BrH/c1-14(2)21(3)16-9-10-17(21)12-18(11-16)24-20(23)19(13-22)15-7-5-4-6-8-15;1-11(6-12-2-4-14(19)5-3-12)18-10-17(22)13-7-15(20)9-16(21)8-13;;/h4-8,14,16-19,22H,9-13H2,1-3H3;2-5,7-9,11,17-22H,6,10H2,1H3;2*1H/q+1;;;/p-1. The minimum Gasteiger partial charge on any atom is -1.00 e. The lowest BCUT2D eigenvalue weighted by Crippen LogP contribution is -3.00. The number of halogens is 2. The molecule has 6 N–H and O–H groups in total.